The highest BCUT2D eigenvalue weighted by Crippen LogP contribution is 2.45. The highest BCUT2D eigenvalue weighted by Gasteiger charge is 2.30. The van der Waals surface area contributed by atoms with E-state index in [1.165, 1.54) is 283 Å². The van der Waals surface area contributed by atoms with E-state index in [1.54, 1.807) is 0 Å². The number of aliphatic hydroxyl groups is 1. The molecule has 0 radical (unpaired) electrons. The molecule has 0 spiro atoms. The van der Waals surface area contributed by atoms with Gasteiger partial charge in [-0.2, -0.15) is 0 Å². The van der Waals surface area contributed by atoms with Crippen molar-refractivity contribution in [2.75, 3.05) is 39.6 Å². The van der Waals surface area contributed by atoms with Gasteiger partial charge in [0.2, 0.25) is 0 Å². The lowest BCUT2D eigenvalue weighted by atomic mass is 9.99. The molecule has 7 atom stereocenters. The molecule has 0 heterocycles. The molecular formula is C87H170O17P2. The Morgan fingerprint density at radius 3 is 0.670 bits per heavy atom. The van der Waals surface area contributed by atoms with Gasteiger partial charge in [-0.05, 0) is 37.5 Å². The average Bonchev–Trinajstić information content (AvgIpc) is 0.912. The Balaban J connectivity index is 5.25. The fourth-order valence-corrected chi connectivity index (χ4v) is 15.1. The van der Waals surface area contributed by atoms with E-state index in [-0.39, 0.29) is 25.7 Å². The maximum atomic E-state index is 13.2. The molecule has 17 nitrogen and oxygen atoms in total. The average molecular weight is 1550 g/mol. The Morgan fingerprint density at radius 1 is 0.264 bits per heavy atom. The third-order valence-electron chi connectivity index (χ3n) is 21.2. The highest BCUT2D eigenvalue weighted by atomic mass is 31.2. The summed E-state index contributed by atoms with van der Waals surface area (Å²) in [5.41, 5.74) is 0. The van der Waals surface area contributed by atoms with Crippen molar-refractivity contribution in [3.05, 3.63) is 0 Å². The predicted molar refractivity (Wildman–Crippen MR) is 437 cm³/mol. The fraction of sp³-hybridized carbons (Fsp3) is 0.954. The molecule has 4 unspecified atom stereocenters. The molecule has 3 N–H and O–H groups in total. The quantitative estimate of drug-likeness (QED) is 0.0222. The largest absolute Gasteiger partial charge is 0.472 e. The summed E-state index contributed by atoms with van der Waals surface area (Å²) < 4.78 is 69.0. The summed E-state index contributed by atoms with van der Waals surface area (Å²) >= 11 is 0. The Hall–Kier alpha value is -1.94. The Kier molecular flexibility index (Phi) is 76.9. The van der Waals surface area contributed by atoms with Crippen LogP contribution in [0.2, 0.25) is 0 Å². The summed E-state index contributed by atoms with van der Waals surface area (Å²) in [4.78, 5) is 73.3. The lowest BCUT2D eigenvalue weighted by Crippen LogP contribution is -2.30. The molecule has 0 fully saturated rings. The summed E-state index contributed by atoms with van der Waals surface area (Å²) in [6, 6.07) is 0. The van der Waals surface area contributed by atoms with E-state index in [4.69, 9.17) is 37.0 Å². The number of carbonyl (C=O) groups is 4. The molecule has 0 aliphatic carbocycles. The topological polar surface area (TPSA) is 237 Å². The smallest absolute Gasteiger partial charge is 0.462 e. The number of rotatable bonds is 86. The number of esters is 4. The third-order valence-corrected chi connectivity index (χ3v) is 23.1. The number of ether oxygens (including phenoxy) is 4. The van der Waals surface area contributed by atoms with Gasteiger partial charge in [0, 0.05) is 25.7 Å². The van der Waals surface area contributed by atoms with Gasteiger partial charge in [-0.15, -0.1) is 0 Å². The molecule has 19 heteroatoms. The number of aliphatic hydroxyl groups excluding tert-OH is 1. The van der Waals surface area contributed by atoms with Gasteiger partial charge in [0.1, 0.15) is 19.3 Å². The molecule has 0 saturated heterocycles. The lowest BCUT2D eigenvalue weighted by molar-refractivity contribution is -0.161. The van der Waals surface area contributed by atoms with Crippen LogP contribution in [0.15, 0.2) is 0 Å². The Labute approximate surface area is 651 Å². The molecule has 630 valence electrons. The Morgan fingerprint density at radius 2 is 0.453 bits per heavy atom. The van der Waals surface area contributed by atoms with E-state index in [1.807, 2.05) is 0 Å². The van der Waals surface area contributed by atoms with Crippen LogP contribution in [0, 0.1) is 11.8 Å². The number of carbonyl (C=O) groups excluding carboxylic acids is 4. The zero-order valence-corrected chi connectivity index (χ0v) is 71.5. The summed E-state index contributed by atoms with van der Waals surface area (Å²) in [6.07, 6.45) is 70.6. The van der Waals surface area contributed by atoms with Gasteiger partial charge >= 0.3 is 39.5 Å². The van der Waals surface area contributed by atoms with Crippen molar-refractivity contribution < 1.29 is 80.2 Å². The SMILES string of the molecule is CCCCCCCCCCCCCCCCCCCC(=O)OC[C@H](COP(=O)(O)OC[C@@H](O)COP(=O)(O)OC[C@@H](COC(=O)CCCCCCCCCCCCCCC)OC(=O)CCCCCCCCCCCCC(C)CC)OC(=O)CCCCCCCCCCCCCCCCCCCCC(C)CC. The zero-order valence-electron chi connectivity index (χ0n) is 69.7. The van der Waals surface area contributed by atoms with Crippen LogP contribution < -0.4 is 0 Å². The van der Waals surface area contributed by atoms with Gasteiger partial charge in [-0.3, -0.25) is 37.3 Å². The lowest BCUT2D eigenvalue weighted by Gasteiger charge is -2.21. The van der Waals surface area contributed by atoms with Crippen molar-refractivity contribution >= 4 is 39.5 Å². The maximum absolute atomic E-state index is 13.2. The fourth-order valence-electron chi connectivity index (χ4n) is 13.5. The first-order valence-electron chi connectivity index (χ1n) is 45.1. The summed E-state index contributed by atoms with van der Waals surface area (Å²) in [7, 11) is -9.93. The first kappa shape index (κ1) is 104. The standard InChI is InChI=1S/C87H170O17P2/c1-7-11-13-15-17-19-21-23-24-27-31-35-39-46-52-58-64-70-85(90)98-75-82(103-86(91)71-65-59-53-47-40-36-32-29-26-25-28-30-34-37-43-49-55-61-67-79(5)9-3)77-101-105(93,94)99-73-81(88)74-100-106(95,96)102-78-83(76-97-84(89)69-63-57-51-45-38-33-22-20-18-16-14-12-8-2)104-87(92)72-66-60-54-48-42-41-44-50-56-62-68-80(6)10-4/h79-83,88H,7-78H2,1-6H3,(H,93,94)(H,95,96)/t79?,80?,81-,82-,83-/m1/s1. The van der Waals surface area contributed by atoms with E-state index in [2.05, 4.69) is 41.5 Å². The molecule has 0 saturated carbocycles. The van der Waals surface area contributed by atoms with Gasteiger partial charge in [0.05, 0.1) is 26.4 Å². The monoisotopic (exact) mass is 1550 g/mol. The van der Waals surface area contributed by atoms with Crippen LogP contribution in [0.4, 0.5) is 0 Å². The van der Waals surface area contributed by atoms with Crippen LogP contribution >= 0.6 is 15.6 Å². The summed E-state index contributed by atoms with van der Waals surface area (Å²) in [6.45, 7) is 9.77. The first-order valence-corrected chi connectivity index (χ1v) is 48.1. The van der Waals surface area contributed by atoms with Crippen molar-refractivity contribution in [2.24, 2.45) is 11.8 Å². The van der Waals surface area contributed by atoms with Gasteiger partial charge in [-0.25, -0.2) is 9.13 Å². The van der Waals surface area contributed by atoms with E-state index >= 15 is 0 Å². The second-order valence-electron chi connectivity index (χ2n) is 31.8. The van der Waals surface area contributed by atoms with Crippen molar-refractivity contribution in [1.82, 2.24) is 0 Å². The van der Waals surface area contributed by atoms with E-state index < -0.39 is 97.5 Å². The molecule has 0 amide bonds. The number of hydrogen-bond acceptors (Lipinski definition) is 15. The van der Waals surface area contributed by atoms with Crippen LogP contribution in [0.3, 0.4) is 0 Å². The highest BCUT2D eigenvalue weighted by molar-refractivity contribution is 7.47. The third kappa shape index (κ3) is 77.4. The molecule has 0 aromatic carbocycles. The van der Waals surface area contributed by atoms with Gasteiger partial charge in [-0.1, -0.05) is 414 Å². The molecule has 106 heavy (non-hydrogen) atoms. The molecule has 0 rings (SSSR count). The molecule has 0 aliphatic heterocycles. The van der Waals surface area contributed by atoms with Crippen molar-refractivity contribution in [1.29, 1.82) is 0 Å². The number of phosphoric acid groups is 2. The number of hydrogen-bond donors (Lipinski definition) is 3. The van der Waals surface area contributed by atoms with Crippen molar-refractivity contribution in [3.8, 4) is 0 Å². The minimum atomic E-state index is -4.97. The van der Waals surface area contributed by atoms with Gasteiger partial charge in [0.25, 0.3) is 0 Å². The molecule has 0 aromatic rings. The van der Waals surface area contributed by atoms with Crippen LogP contribution in [0.25, 0.3) is 0 Å². The number of phosphoric ester groups is 2. The predicted octanol–water partition coefficient (Wildman–Crippen LogP) is 26.6. The molecule has 0 aromatic heterocycles. The molecular weight excluding hydrogens is 1380 g/mol. The second kappa shape index (κ2) is 78.3. The van der Waals surface area contributed by atoms with Gasteiger partial charge in [0.15, 0.2) is 12.2 Å². The number of unbranched alkanes of at least 4 members (excludes halogenated alkanes) is 54. The minimum Gasteiger partial charge on any atom is -0.462 e. The van der Waals surface area contributed by atoms with E-state index in [9.17, 15) is 43.2 Å². The minimum absolute atomic E-state index is 0.107. The van der Waals surface area contributed by atoms with Gasteiger partial charge < -0.3 is 33.8 Å². The Bertz CT molecular complexity index is 2030. The molecule has 0 aliphatic rings. The van der Waals surface area contributed by atoms with Crippen molar-refractivity contribution in [2.45, 2.75) is 484 Å². The van der Waals surface area contributed by atoms with Crippen LogP contribution in [0.5, 0.6) is 0 Å². The van der Waals surface area contributed by atoms with E-state index in [0.29, 0.717) is 25.7 Å². The first-order chi connectivity index (χ1) is 51.4. The second-order valence-corrected chi connectivity index (χ2v) is 34.7. The summed E-state index contributed by atoms with van der Waals surface area (Å²) in [5, 5.41) is 10.7. The van der Waals surface area contributed by atoms with Crippen LogP contribution in [0.1, 0.15) is 465 Å². The molecule has 0 bridgehead atoms. The van der Waals surface area contributed by atoms with Crippen LogP contribution in [-0.2, 0) is 65.4 Å². The normalized spacial score (nSPS) is 14.3. The van der Waals surface area contributed by atoms with Crippen LogP contribution in [-0.4, -0.2) is 96.7 Å². The van der Waals surface area contributed by atoms with Crippen molar-refractivity contribution in [3.63, 3.8) is 0 Å². The maximum Gasteiger partial charge on any atom is 0.472 e. The summed E-state index contributed by atoms with van der Waals surface area (Å²) in [5.74, 6) is -0.425. The van der Waals surface area contributed by atoms with E-state index in [0.717, 1.165) is 102 Å². The zero-order chi connectivity index (χ0) is 77.8.